The molecule has 0 aromatic heterocycles. The number of carbonyl (C=O) groups excluding carboxylic acids is 1. The Morgan fingerprint density at radius 3 is 2.68 bits per heavy atom. The van der Waals surface area contributed by atoms with Crippen LogP contribution in [0.5, 0.6) is 5.75 Å². The number of benzene rings is 1. The third-order valence-electron chi connectivity index (χ3n) is 2.51. The Kier molecular flexibility index (Phi) is 5.85. The van der Waals surface area contributed by atoms with Crippen molar-refractivity contribution in [2.75, 3.05) is 11.9 Å². The minimum Gasteiger partial charge on any atom is -0.492 e. The zero-order valence-corrected chi connectivity index (χ0v) is 11.2. The molecule has 19 heavy (non-hydrogen) atoms. The van der Waals surface area contributed by atoms with E-state index < -0.39 is 5.97 Å². The molecule has 0 saturated carbocycles. The first-order valence-electron chi connectivity index (χ1n) is 6.28. The van der Waals surface area contributed by atoms with E-state index >= 15 is 0 Å². The number of rotatable bonds is 7. The van der Waals surface area contributed by atoms with Crippen LogP contribution in [-0.4, -0.2) is 23.6 Å². The highest BCUT2D eigenvalue weighted by atomic mass is 16.5. The van der Waals surface area contributed by atoms with Gasteiger partial charge in [-0.15, -0.1) is 0 Å². The van der Waals surface area contributed by atoms with Crippen LogP contribution in [0.3, 0.4) is 0 Å². The SMILES string of the molecule is CCOc1cc(CCCC(=O)O)ccc1NC(C)=O. The molecule has 0 aliphatic rings. The molecule has 5 nitrogen and oxygen atoms in total. The maximum Gasteiger partial charge on any atom is 0.303 e. The number of carbonyl (C=O) groups is 2. The number of aliphatic carboxylic acids is 1. The number of anilines is 1. The van der Waals surface area contributed by atoms with Gasteiger partial charge in [0.1, 0.15) is 5.75 Å². The lowest BCUT2D eigenvalue weighted by Crippen LogP contribution is -2.08. The van der Waals surface area contributed by atoms with Crippen molar-refractivity contribution in [3.05, 3.63) is 23.8 Å². The molecule has 0 radical (unpaired) electrons. The lowest BCUT2D eigenvalue weighted by molar-refractivity contribution is -0.137. The van der Waals surface area contributed by atoms with E-state index in [9.17, 15) is 9.59 Å². The second-order valence-electron chi connectivity index (χ2n) is 4.19. The normalized spacial score (nSPS) is 10.0. The Morgan fingerprint density at radius 2 is 2.11 bits per heavy atom. The van der Waals surface area contributed by atoms with Crippen molar-refractivity contribution in [3.63, 3.8) is 0 Å². The number of ether oxygens (including phenoxy) is 1. The van der Waals surface area contributed by atoms with Crippen molar-refractivity contribution in [2.45, 2.75) is 33.1 Å². The van der Waals surface area contributed by atoms with Crippen molar-refractivity contribution >= 4 is 17.6 Å². The minimum atomic E-state index is -0.792. The highest BCUT2D eigenvalue weighted by Gasteiger charge is 2.07. The first kappa shape index (κ1) is 15.0. The Morgan fingerprint density at radius 1 is 1.37 bits per heavy atom. The fraction of sp³-hybridized carbons (Fsp3) is 0.429. The largest absolute Gasteiger partial charge is 0.492 e. The second kappa shape index (κ2) is 7.41. The first-order valence-corrected chi connectivity index (χ1v) is 6.28. The maximum atomic E-state index is 11.1. The molecule has 0 bridgehead atoms. The van der Waals surface area contributed by atoms with Gasteiger partial charge in [-0.2, -0.15) is 0 Å². The number of carboxylic acids is 1. The third-order valence-corrected chi connectivity index (χ3v) is 2.51. The van der Waals surface area contributed by atoms with Crippen molar-refractivity contribution in [2.24, 2.45) is 0 Å². The van der Waals surface area contributed by atoms with Crippen LogP contribution in [0, 0.1) is 0 Å². The molecular formula is C14H19NO4. The Hall–Kier alpha value is -2.04. The topological polar surface area (TPSA) is 75.6 Å². The van der Waals surface area contributed by atoms with Crippen molar-refractivity contribution in [1.29, 1.82) is 0 Å². The number of amides is 1. The molecule has 0 spiro atoms. The summed E-state index contributed by atoms with van der Waals surface area (Å²) in [5.74, 6) is -0.329. The van der Waals surface area contributed by atoms with Gasteiger partial charge in [0.25, 0.3) is 0 Å². The molecule has 0 unspecified atom stereocenters. The van der Waals surface area contributed by atoms with Gasteiger partial charge in [-0.25, -0.2) is 0 Å². The third kappa shape index (κ3) is 5.42. The molecule has 2 N–H and O–H groups in total. The Bertz CT molecular complexity index is 457. The highest BCUT2D eigenvalue weighted by molar-refractivity contribution is 5.90. The molecule has 0 saturated heterocycles. The summed E-state index contributed by atoms with van der Waals surface area (Å²) in [6.07, 6.45) is 1.41. The van der Waals surface area contributed by atoms with Crippen LogP contribution in [-0.2, 0) is 16.0 Å². The van der Waals surface area contributed by atoms with Gasteiger partial charge in [-0.3, -0.25) is 9.59 Å². The van der Waals surface area contributed by atoms with Crippen molar-refractivity contribution in [3.8, 4) is 5.75 Å². The number of hydrogen-bond acceptors (Lipinski definition) is 3. The summed E-state index contributed by atoms with van der Waals surface area (Å²) in [6, 6.07) is 5.49. The molecular weight excluding hydrogens is 246 g/mol. The zero-order valence-electron chi connectivity index (χ0n) is 11.2. The summed E-state index contributed by atoms with van der Waals surface area (Å²) in [5, 5.41) is 11.3. The molecule has 1 aromatic carbocycles. The molecule has 5 heteroatoms. The van der Waals surface area contributed by atoms with Gasteiger partial charge in [0.15, 0.2) is 0 Å². The average Bonchev–Trinajstić information content (AvgIpc) is 2.31. The van der Waals surface area contributed by atoms with E-state index in [2.05, 4.69) is 5.32 Å². The molecule has 0 aliphatic carbocycles. The number of hydrogen-bond donors (Lipinski definition) is 2. The first-order chi connectivity index (χ1) is 9.02. The summed E-state index contributed by atoms with van der Waals surface area (Å²) in [5.41, 5.74) is 1.63. The molecule has 1 amide bonds. The van der Waals surface area contributed by atoms with Crippen LogP contribution < -0.4 is 10.1 Å². The second-order valence-corrected chi connectivity index (χ2v) is 4.19. The van der Waals surface area contributed by atoms with Gasteiger partial charge in [0.05, 0.1) is 12.3 Å². The summed E-state index contributed by atoms with van der Waals surface area (Å²) >= 11 is 0. The van der Waals surface area contributed by atoms with Crippen LogP contribution in [0.2, 0.25) is 0 Å². The number of aryl methyl sites for hydroxylation is 1. The van der Waals surface area contributed by atoms with E-state index in [0.29, 0.717) is 30.9 Å². The highest BCUT2D eigenvalue weighted by Crippen LogP contribution is 2.26. The molecule has 0 heterocycles. The molecule has 1 aromatic rings. The Labute approximate surface area is 112 Å². The molecule has 0 atom stereocenters. The fourth-order valence-corrected chi connectivity index (χ4v) is 1.73. The fourth-order valence-electron chi connectivity index (χ4n) is 1.73. The Balaban J connectivity index is 2.76. The molecule has 1 rings (SSSR count). The maximum absolute atomic E-state index is 11.1. The quantitative estimate of drug-likeness (QED) is 0.794. The van der Waals surface area contributed by atoms with E-state index in [4.69, 9.17) is 9.84 Å². The van der Waals surface area contributed by atoms with E-state index in [0.717, 1.165) is 5.56 Å². The van der Waals surface area contributed by atoms with Gasteiger partial charge in [0.2, 0.25) is 5.91 Å². The summed E-state index contributed by atoms with van der Waals surface area (Å²) in [6.45, 7) is 3.82. The van der Waals surface area contributed by atoms with Gasteiger partial charge in [-0.05, 0) is 37.5 Å². The van der Waals surface area contributed by atoms with Crippen LogP contribution in [0.4, 0.5) is 5.69 Å². The molecule has 0 fully saturated rings. The number of carboxylic acid groups (broad SMARTS) is 1. The van der Waals surface area contributed by atoms with Crippen molar-refractivity contribution in [1.82, 2.24) is 0 Å². The van der Waals surface area contributed by atoms with Gasteiger partial charge < -0.3 is 15.2 Å². The van der Waals surface area contributed by atoms with E-state index in [1.54, 1.807) is 6.07 Å². The van der Waals surface area contributed by atoms with Crippen LogP contribution in [0.25, 0.3) is 0 Å². The summed E-state index contributed by atoms with van der Waals surface area (Å²) < 4.78 is 5.47. The minimum absolute atomic E-state index is 0.150. The summed E-state index contributed by atoms with van der Waals surface area (Å²) in [7, 11) is 0. The smallest absolute Gasteiger partial charge is 0.303 e. The summed E-state index contributed by atoms with van der Waals surface area (Å²) in [4.78, 5) is 21.5. The van der Waals surface area contributed by atoms with E-state index in [-0.39, 0.29) is 12.3 Å². The van der Waals surface area contributed by atoms with E-state index in [1.165, 1.54) is 6.92 Å². The molecule has 104 valence electrons. The van der Waals surface area contributed by atoms with Crippen LogP contribution in [0.15, 0.2) is 18.2 Å². The van der Waals surface area contributed by atoms with Crippen LogP contribution in [0.1, 0.15) is 32.3 Å². The predicted octanol–water partition coefficient (Wildman–Crippen LogP) is 2.45. The lowest BCUT2D eigenvalue weighted by Gasteiger charge is -2.12. The molecule has 0 aliphatic heterocycles. The zero-order chi connectivity index (χ0) is 14.3. The number of nitrogens with one attached hydrogen (secondary N) is 1. The predicted molar refractivity (Wildman–Crippen MR) is 72.5 cm³/mol. The van der Waals surface area contributed by atoms with Crippen molar-refractivity contribution < 1.29 is 19.4 Å². The lowest BCUT2D eigenvalue weighted by atomic mass is 10.1. The average molecular weight is 265 g/mol. The van der Waals surface area contributed by atoms with Crippen LogP contribution >= 0.6 is 0 Å². The van der Waals surface area contributed by atoms with E-state index in [1.807, 2.05) is 19.1 Å². The van der Waals surface area contributed by atoms with Gasteiger partial charge in [0, 0.05) is 13.3 Å². The van der Waals surface area contributed by atoms with Gasteiger partial charge in [-0.1, -0.05) is 6.07 Å². The van der Waals surface area contributed by atoms with Gasteiger partial charge >= 0.3 is 5.97 Å². The standard InChI is InChI=1S/C14H19NO4/c1-3-19-13-9-11(5-4-6-14(17)18)7-8-12(13)15-10(2)16/h7-9H,3-6H2,1-2H3,(H,15,16)(H,17,18). The monoisotopic (exact) mass is 265 g/mol.